The number of fused-ring (bicyclic) bond motifs is 1. The maximum absolute atomic E-state index is 11.1. The summed E-state index contributed by atoms with van der Waals surface area (Å²) in [5.74, 6) is 0.552. The van der Waals surface area contributed by atoms with Crippen molar-refractivity contribution in [1.82, 2.24) is 19.5 Å². The monoisotopic (exact) mass is 358 g/mol. The minimum atomic E-state index is -2.88. The Balaban J connectivity index is 2.01. The summed E-state index contributed by atoms with van der Waals surface area (Å²) in [6, 6.07) is 0. The van der Waals surface area contributed by atoms with E-state index in [0.717, 1.165) is 0 Å². The third kappa shape index (κ3) is 2.86. The second kappa shape index (κ2) is 7.01. The van der Waals surface area contributed by atoms with E-state index in [1.807, 2.05) is 0 Å². The van der Waals surface area contributed by atoms with Crippen molar-refractivity contribution in [3.63, 3.8) is 0 Å². The number of hydrogen-bond donors (Lipinski definition) is 3. The van der Waals surface area contributed by atoms with Gasteiger partial charge >= 0.3 is 8.25 Å². The highest BCUT2D eigenvalue weighted by molar-refractivity contribution is 7.32. The maximum atomic E-state index is 11.1. The van der Waals surface area contributed by atoms with Gasteiger partial charge in [0.2, 0.25) is 0 Å². The van der Waals surface area contributed by atoms with E-state index < -0.39 is 39.4 Å². The topological polar surface area (TPSA) is 141 Å². The second-order valence-electron chi connectivity index (χ2n) is 5.05. The van der Waals surface area contributed by atoms with Gasteiger partial charge in [-0.15, -0.1) is 9.42 Å². The zero-order valence-corrected chi connectivity index (χ0v) is 13.8. The summed E-state index contributed by atoms with van der Waals surface area (Å²) >= 11 is 0. The summed E-state index contributed by atoms with van der Waals surface area (Å²) in [5.41, 5.74) is 1.03. The molecular formula is C12H17N5O6P+. The van der Waals surface area contributed by atoms with Gasteiger partial charge in [-0.25, -0.2) is 15.0 Å². The molecule has 3 rings (SSSR count). The van der Waals surface area contributed by atoms with E-state index in [2.05, 4.69) is 20.3 Å². The van der Waals surface area contributed by atoms with Gasteiger partial charge in [-0.3, -0.25) is 4.57 Å². The van der Waals surface area contributed by atoms with E-state index >= 15 is 0 Å². The number of hydrogen-bond acceptors (Lipinski definition) is 9. The van der Waals surface area contributed by atoms with E-state index in [0.29, 0.717) is 17.0 Å². The first-order valence-corrected chi connectivity index (χ1v) is 8.21. The third-order valence-corrected chi connectivity index (χ3v) is 4.24. The molecule has 0 saturated carbocycles. The molecule has 1 aliphatic heterocycles. The summed E-state index contributed by atoms with van der Waals surface area (Å²) in [6.45, 7) is -0.395. The minimum Gasteiger partial charge on any atom is -0.394 e. The average Bonchev–Trinajstić information content (AvgIpc) is 3.14. The molecule has 0 spiro atoms. The van der Waals surface area contributed by atoms with Crippen LogP contribution in [0.4, 0.5) is 5.82 Å². The van der Waals surface area contributed by atoms with E-state index in [-0.39, 0.29) is 0 Å². The maximum Gasteiger partial charge on any atom is 0.695 e. The molecule has 11 nitrogen and oxygen atoms in total. The smallest absolute Gasteiger partial charge is 0.394 e. The largest absolute Gasteiger partial charge is 0.695 e. The number of nitrogens with one attached hydrogen (secondary N) is 1. The van der Waals surface area contributed by atoms with Crippen LogP contribution in [0.2, 0.25) is 0 Å². The molecule has 0 amide bonds. The third-order valence-electron chi connectivity index (χ3n) is 3.82. The second-order valence-corrected chi connectivity index (χ2v) is 5.74. The Kier molecular flexibility index (Phi) is 4.99. The Hall–Kier alpha value is -1.75. The predicted octanol–water partition coefficient (Wildman–Crippen LogP) is -0.192. The van der Waals surface area contributed by atoms with Gasteiger partial charge in [0.05, 0.1) is 12.9 Å². The van der Waals surface area contributed by atoms with Crippen LogP contribution in [-0.4, -0.2) is 68.6 Å². The van der Waals surface area contributed by atoms with Crippen molar-refractivity contribution < 1.29 is 28.6 Å². The number of nitrogens with zero attached hydrogens (tertiary/aromatic N) is 4. The lowest BCUT2D eigenvalue weighted by Gasteiger charge is -2.19. The van der Waals surface area contributed by atoms with Gasteiger partial charge in [0.1, 0.15) is 24.1 Å². The summed E-state index contributed by atoms with van der Waals surface area (Å²) in [7, 11) is 0.265. The van der Waals surface area contributed by atoms with Gasteiger partial charge in [-0.2, -0.15) is 0 Å². The molecule has 3 heterocycles. The van der Waals surface area contributed by atoms with Crippen LogP contribution in [0.25, 0.3) is 11.2 Å². The van der Waals surface area contributed by atoms with Crippen LogP contribution in [0.1, 0.15) is 6.23 Å². The molecule has 5 atom stereocenters. The van der Waals surface area contributed by atoms with E-state index in [1.54, 1.807) is 11.6 Å². The number of anilines is 1. The molecule has 3 N–H and O–H groups in total. The van der Waals surface area contributed by atoms with Crippen molar-refractivity contribution in [1.29, 1.82) is 0 Å². The first-order chi connectivity index (χ1) is 11.6. The van der Waals surface area contributed by atoms with Crippen LogP contribution in [0, 0.1) is 0 Å². The zero-order chi connectivity index (χ0) is 17.3. The van der Waals surface area contributed by atoms with Gasteiger partial charge in [-0.05, 0) is 0 Å². The summed E-state index contributed by atoms with van der Waals surface area (Å²) in [5, 5.41) is 12.4. The summed E-state index contributed by atoms with van der Waals surface area (Å²) < 4.78 is 28.8. The molecular weight excluding hydrogens is 341 g/mol. The fourth-order valence-corrected chi connectivity index (χ4v) is 3.25. The summed E-state index contributed by atoms with van der Waals surface area (Å²) in [4.78, 5) is 21.6. The Morgan fingerprint density at radius 1 is 1.42 bits per heavy atom. The molecule has 2 aromatic heterocycles. The van der Waals surface area contributed by atoms with E-state index in [9.17, 15) is 9.67 Å². The van der Waals surface area contributed by atoms with E-state index in [1.165, 1.54) is 19.8 Å². The van der Waals surface area contributed by atoms with Crippen LogP contribution in [-0.2, 0) is 18.6 Å². The fourth-order valence-electron chi connectivity index (χ4n) is 2.78. The van der Waals surface area contributed by atoms with Crippen LogP contribution in [0.15, 0.2) is 12.7 Å². The fraction of sp³-hybridized carbons (Fsp3) is 0.583. The first kappa shape index (κ1) is 17.1. The minimum absolute atomic E-state index is 0.395. The highest BCUT2D eigenvalue weighted by atomic mass is 31.1. The highest BCUT2D eigenvalue weighted by Crippen LogP contribution is 2.38. The molecule has 12 heteroatoms. The van der Waals surface area contributed by atoms with Gasteiger partial charge in [-0.1, -0.05) is 0 Å². The number of methoxy groups -OCH3 is 1. The summed E-state index contributed by atoms with van der Waals surface area (Å²) in [6.07, 6.45) is -0.330. The molecule has 0 aliphatic carbocycles. The van der Waals surface area contributed by atoms with Crippen molar-refractivity contribution in [2.45, 2.75) is 24.5 Å². The van der Waals surface area contributed by atoms with Gasteiger partial charge in [0.15, 0.2) is 23.8 Å². The van der Waals surface area contributed by atoms with Crippen molar-refractivity contribution in [3.8, 4) is 0 Å². The van der Waals surface area contributed by atoms with Crippen LogP contribution < -0.4 is 5.32 Å². The number of aliphatic hydroxyl groups is 1. The molecule has 0 aromatic carbocycles. The van der Waals surface area contributed by atoms with Crippen molar-refractivity contribution in [2.75, 3.05) is 26.1 Å². The Labute approximate surface area is 137 Å². The SMILES string of the molecule is CNc1ncnc2c1ncn2C1O[C@H](CO)C(O[P+](=O)O)C1OC. The lowest BCUT2D eigenvalue weighted by molar-refractivity contribution is -0.0583. The molecule has 24 heavy (non-hydrogen) atoms. The molecule has 4 unspecified atom stereocenters. The number of aromatic nitrogens is 4. The Bertz CT molecular complexity index is 742. The molecule has 0 bridgehead atoms. The molecule has 1 aliphatic rings. The van der Waals surface area contributed by atoms with Crippen LogP contribution >= 0.6 is 8.25 Å². The van der Waals surface area contributed by atoms with Crippen LogP contribution in [0.5, 0.6) is 0 Å². The number of aliphatic hydroxyl groups excluding tert-OH is 1. The Morgan fingerprint density at radius 2 is 2.21 bits per heavy atom. The average molecular weight is 358 g/mol. The molecule has 130 valence electrons. The van der Waals surface area contributed by atoms with E-state index in [4.69, 9.17) is 18.9 Å². The predicted molar refractivity (Wildman–Crippen MR) is 81.4 cm³/mol. The van der Waals surface area contributed by atoms with Gasteiger partial charge < -0.3 is 19.9 Å². The first-order valence-electron chi connectivity index (χ1n) is 7.08. The highest BCUT2D eigenvalue weighted by Gasteiger charge is 2.51. The van der Waals surface area contributed by atoms with Crippen molar-refractivity contribution >= 4 is 25.2 Å². The number of ether oxygens (including phenoxy) is 2. The molecule has 1 fully saturated rings. The normalized spacial score (nSPS) is 27.6. The number of rotatable bonds is 6. The van der Waals surface area contributed by atoms with Crippen molar-refractivity contribution in [2.24, 2.45) is 0 Å². The zero-order valence-electron chi connectivity index (χ0n) is 12.9. The molecule has 0 radical (unpaired) electrons. The number of imidazole rings is 1. The van der Waals surface area contributed by atoms with Gasteiger partial charge in [0.25, 0.3) is 0 Å². The molecule has 1 saturated heterocycles. The lowest BCUT2D eigenvalue weighted by Crippen LogP contribution is -2.35. The quantitative estimate of drug-likeness (QED) is 0.595. The van der Waals surface area contributed by atoms with Crippen molar-refractivity contribution in [3.05, 3.63) is 12.7 Å². The van der Waals surface area contributed by atoms with Crippen LogP contribution in [0.3, 0.4) is 0 Å². The standard InChI is InChI=1S/C12H16N5O6P/c1-13-10-7-11(15-4-14-10)17(5-16-7)12-9(21-2)8(23-24(19)20)6(3-18)22-12/h4-6,8-9,12,18H,3H2,1-2H3,(H-,13,14,15,19,20)/p+1/t6-,8?,9?,12?/m1/s1. The Morgan fingerprint density at radius 3 is 2.83 bits per heavy atom. The lowest BCUT2D eigenvalue weighted by atomic mass is 10.1. The molecule has 2 aromatic rings. The van der Waals surface area contributed by atoms with Gasteiger partial charge in [0, 0.05) is 18.7 Å².